The van der Waals surface area contributed by atoms with Gasteiger partial charge in [0, 0.05) is 12.2 Å². The Kier molecular flexibility index (Phi) is 11.3. The molecule has 0 unspecified atom stereocenters. The quantitative estimate of drug-likeness (QED) is 0.563. The SMILES string of the molecule is O=C(O)C=CC(=O)O.[CH3][Sn][CH3]. The summed E-state index contributed by atoms with van der Waals surface area (Å²) >= 11 is 0.230. The average Bonchev–Trinajstić information content (AvgIpc) is 1.85. The topological polar surface area (TPSA) is 74.6 Å². The molecule has 0 aromatic heterocycles. The van der Waals surface area contributed by atoms with Crippen LogP contribution in [-0.2, 0) is 9.59 Å². The van der Waals surface area contributed by atoms with E-state index >= 15 is 0 Å². The van der Waals surface area contributed by atoms with Crippen molar-refractivity contribution >= 4 is 33.1 Å². The maximum absolute atomic E-state index is 9.55. The van der Waals surface area contributed by atoms with Gasteiger partial charge >= 0.3 is 43.0 Å². The van der Waals surface area contributed by atoms with Crippen molar-refractivity contribution in [3.05, 3.63) is 12.2 Å². The van der Waals surface area contributed by atoms with Crippen molar-refractivity contribution in [3.63, 3.8) is 0 Å². The van der Waals surface area contributed by atoms with Gasteiger partial charge in [-0.1, -0.05) is 0 Å². The van der Waals surface area contributed by atoms with Gasteiger partial charge in [-0.05, 0) is 0 Å². The number of carbonyl (C=O) groups is 2. The van der Waals surface area contributed by atoms with Crippen LogP contribution in [-0.4, -0.2) is 43.3 Å². The second-order valence-electron chi connectivity index (χ2n) is 1.51. The number of aliphatic carboxylic acids is 2. The molecular weight excluding hydrogens is 255 g/mol. The van der Waals surface area contributed by atoms with Crippen molar-refractivity contribution in [1.29, 1.82) is 0 Å². The molecule has 0 bridgehead atoms. The van der Waals surface area contributed by atoms with Crippen LogP contribution in [0.3, 0.4) is 0 Å². The van der Waals surface area contributed by atoms with Crippen molar-refractivity contribution in [3.8, 4) is 0 Å². The first kappa shape index (κ1) is 13.1. The molecule has 0 aromatic carbocycles. The van der Waals surface area contributed by atoms with Crippen molar-refractivity contribution < 1.29 is 19.8 Å². The molecule has 0 rings (SSSR count). The van der Waals surface area contributed by atoms with Gasteiger partial charge in [-0.3, -0.25) is 0 Å². The molecule has 0 heterocycles. The van der Waals surface area contributed by atoms with Gasteiger partial charge in [-0.25, -0.2) is 9.59 Å². The molecule has 2 radical (unpaired) electrons. The fraction of sp³-hybridized carbons (Fsp3) is 0.333. The minimum atomic E-state index is -1.26. The van der Waals surface area contributed by atoms with Gasteiger partial charge in [-0.15, -0.1) is 0 Å². The zero-order chi connectivity index (χ0) is 9.28. The van der Waals surface area contributed by atoms with Gasteiger partial charge in [-0.2, -0.15) is 0 Å². The standard InChI is InChI=1S/C4H4O4.2CH3.Sn/c5-3(6)1-2-4(7)8;;;/h1-2H,(H,5,6)(H,7,8);2*1H3;. The summed E-state index contributed by atoms with van der Waals surface area (Å²) in [5, 5.41) is 15.6. The molecule has 0 aromatic rings. The summed E-state index contributed by atoms with van der Waals surface area (Å²) in [7, 11) is 0. The molecule has 0 aliphatic rings. The summed E-state index contributed by atoms with van der Waals surface area (Å²) in [5.41, 5.74) is 0. The molecule has 62 valence electrons. The predicted molar refractivity (Wildman–Crippen MR) is 41.9 cm³/mol. The molecule has 5 heteroatoms. The van der Waals surface area contributed by atoms with E-state index in [-0.39, 0.29) is 21.1 Å². The molecule has 0 amide bonds. The van der Waals surface area contributed by atoms with E-state index in [0.29, 0.717) is 12.2 Å². The summed E-state index contributed by atoms with van der Waals surface area (Å²) in [6, 6.07) is 0. The first-order valence-electron chi connectivity index (χ1n) is 2.77. The van der Waals surface area contributed by atoms with Gasteiger partial charge < -0.3 is 10.2 Å². The van der Waals surface area contributed by atoms with Crippen LogP contribution in [0.2, 0.25) is 9.88 Å². The molecule has 0 atom stereocenters. The van der Waals surface area contributed by atoms with E-state index < -0.39 is 11.9 Å². The van der Waals surface area contributed by atoms with Crippen LogP contribution in [0.5, 0.6) is 0 Å². The minimum absolute atomic E-state index is 0.230. The summed E-state index contributed by atoms with van der Waals surface area (Å²) in [6.07, 6.45) is 1.12. The Balaban J connectivity index is 0. The third-order valence-corrected chi connectivity index (χ3v) is 0.368. The monoisotopic (exact) mass is 266 g/mol. The third kappa shape index (κ3) is 26.4. The second-order valence-corrected chi connectivity index (χ2v) is 4.36. The van der Waals surface area contributed by atoms with E-state index in [2.05, 4.69) is 9.88 Å². The van der Waals surface area contributed by atoms with Crippen LogP contribution >= 0.6 is 0 Å². The Bertz CT molecular complexity index is 137. The fourth-order valence-electron chi connectivity index (χ4n) is 0.143. The third-order valence-electron chi connectivity index (χ3n) is 0.368. The fourth-order valence-corrected chi connectivity index (χ4v) is 0.143. The van der Waals surface area contributed by atoms with Crippen molar-refractivity contribution in [2.45, 2.75) is 9.88 Å². The van der Waals surface area contributed by atoms with Gasteiger partial charge in [0.2, 0.25) is 0 Å². The van der Waals surface area contributed by atoms with E-state index in [0.717, 1.165) is 0 Å². The van der Waals surface area contributed by atoms with Crippen molar-refractivity contribution in [2.24, 2.45) is 0 Å². The van der Waals surface area contributed by atoms with E-state index in [4.69, 9.17) is 10.2 Å². The van der Waals surface area contributed by atoms with Crippen LogP contribution in [0.25, 0.3) is 0 Å². The zero-order valence-corrected chi connectivity index (χ0v) is 9.22. The summed E-state index contributed by atoms with van der Waals surface area (Å²) in [6.45, 7) is 0. The van der Waals surface area contributed by atoms with Crippen LogP contribution in [0.1, 0.15) is 0 Å². The van der Waals surface area contributed by atoms with Gasteiger partial charge in [0.25, 0.3) is 0 Å². The maximum atomic E-state index is 9.55. The summed E-state index contributed by atoms with van der Waals surface area (Å²) < 4.78 is 0. The van der Waals surface area contributed by atoms with E-state index in [9.17, 15) is 9.59 Å². The molecule has 2 N–H and O–H groups in total. The predicted octanol–water partition coefficient (Wildman–Crippen LogP) is 0.499. The Hall–Kier alpha value is -0.521. The number of carboxylic acids is 2. The Morgan fingerprint density at radius 1 is 1.09 bits per heavy atom. The van der Waals surface area contributed by atoms with Gasteiger partial charge in [0.1, 0.15) is 0 Å². The summed E-state index contributed by atoms with van der Waals surface area (Å²) in [4.78, 5) is 23.7. The number of rotatable bonds is 2. The average molecular weight is 265 g/mol. The van der Waals surface area contributed by atoms with Crippen LogP contribution in [0, 0.1) is 0 Å². The van der Waals surface area contributed by atoms with Crippen molar-refractivity contribution in [2.75, 3.05) is 0 Å². The molecular formula is C6H10O4Sn. The van der Waals surface area contributed by atoms with E-state index in [1.165, 1.54) is 0 Å². The molecule has 0 spiro atoms. The molecule has 0 fully saturated rings. The first-order valence-corrected chi connectivity index (χ1v) is 8.47. The molecule has 0 saturated carbocycles. The van der Waals surface area contributed by atoms with Gasteiger partial charge in [0.15, 0.2) is 0 Å². The second kappa shape index (κ2) is 9.48. The number of hydrogen-bond donors (Lipinski definition) is 2. The van der Waals surface area contributed by atoms with E-state index in [1.54, 1.807) is 0 Å². The summed E-state index contributed by atoms with van der Waals surface area (Å²) in [5.74, 6) is -2.51. The molecule has 0 aliphatic carbocycles. The van der Waals surface area contributed by atoms with E-state index in [1.807, 2.05) is 0 Å². The molecule has 4 nitrogen and oxygen atoms in total. The number of hydrogen-bond acceptors (Lipinski definition) is 2. The van der Waals surface area contributed by atoms with Crippen molar-refractivity contribution in [1.82, 2.24) is 0 Å². The zero-order valence-electron chi connectivity index (χ0n) is 6.37. The molecule has 11 heavy (non-hydrogen) atoms. The van der Waals surface area contributed by atoms with Gasteiger partial charge in [0.05, 0.1) is 0 Å². The molecule has 0 saturated heterocycles. The normalized spacial score (nSPS) is 8.55. The Morgan fingerprint density at radius 3 is 1.36 bits per heavy atom. The molecule has 0 aliphatic heterocycles. The Labute approximate surface area is 75.1 Å². The number of carboxylic acid groups (broad SMARTS) is 2. The van der Waals surface area contributed by atoms with Crippen LogP contribution in [0.4, 0.5) is 0 Å². The van der Waals surface area contributed by atoms with Crippen LogP contribution in [0.15, 0.2) is 12.2 Å². The Morgan fingerprint density at radius 2 is 1.27 bits per heavy atom. The first-order chi connectivity index (χ1) is 5.04. The van der Waals surface area contributed by atoms with Crippen LogP contribution < -0.4 is 0 Å².